The predicted molar refractivity (Wildman–Crippen MR) is 107 cm³/mol. The molecule has 0 saturated heterocycles. The molecule has 1 saturated carbocycles. The quantitative estimate of drug-likeness (QED) is 0.738. The number of rotatable bonds is 3. The first kappa shape index (κ1) is 18.4. The molecule has 2 aliphatic rings. The van der Waals surface area contributed by atoms with Crippen LogP contribution >= 0.6 is 0 Å². The molecule has 4 nitrogen and oxygen atoms in total. The van der Waals surface area contributed by atoms with E-state index in [9.17, 15) is 14.4 Å². The summed E-state index contributed by atoms with van der Waals surface area (Å²) in [5.41, 5.74) is 3.65. The summed E-state index contributed by atoms with van der Waals surface area (Å²) in [6.45, 7) is 0. The van der Waals surface area contributed by atoms with E-state index in [1.54, 1.807) is 12.1 Å². The fourth-order valence-corrected chi connectivity index (χ4v) is 4.74. The van der Waals surface area contributed by atoms with E-state index >= 15 is 0 Å². The van der Waals surface area contributed by atoms with Crippen molar-refractivity contribution in [2.75, 3.05) is 5.32 Å². The lowest BCUT2D eigenvalue weighted by Gasteiger charge is -2.38. The third-order valence-corrected chi connectivity index (χ3v) is 6.20. The molecule has 5 heteroatoms. The maximum absolute atomic E-state index is 13.2. The second-order valence-electron chi connectivity index (χ2n) is 7.79. The van der Waals surface area contributed by atoms with Gasteiger partial charge in [0.05, 0.1) is 11.5 Å². The molecule has 2 aromatic rings. The van der Waals surface area contributed by atoms with Crippen LogP contribution in [0.3, 0.4) is 0 Å². The minimum Gasteiger partial charge on any atom is -0.355 e. The largest absolute Gasteiger partial charge is 0.355 e. The Bertz CT molecular complexity index is 977. The minimum atomic E-state index is -0.647. The number of carbonyl (C=O) groups excluding carboxylic acids is 1. The molecule has 0 radical (unpaired) electrons. The number of ketones is 1. The number of anilines is 2. The number of nitriles is 1. The Kier molecular flexibility index (Phi) is 4.72. The van der Waals surface area contributed by atoms with Crippen molar-refractivity contribution < 1.29 is 9.18 Å². The van der Waals surface area contributed by atoms with Gasteiger partial charge in [0.2, 0.25) is 0 Å². The number of Topliss-reactive ketones (excluding diaryl/α,β-unsaturated/α-hetero) is 1. The van der Waals surface area contributed by atoms with Crippen molar-refractivity contribution >= 4 is 23.4 Å². The summed E-state index contributed by atoms with van der Waals surface area (Å²) < 4.78 is 13.2. The predicted octanol–water partition coefficient (Wildman–Crippen LogP) is 5.03. The van der Waals surface area contributed by atoms with Gasteiger partial charge in [-0.1, -0.05) is 0 Å². The number of hydrogen-bond donors (Lipinski definition) is 2. The average molecular weight is 375 g/mol. The Balaban J connectivity index is 1.79. The van der Waals surface area contributed by atoms with Gasteiger partial charge in [-0.05, 0) is 79.1 Å². The van der Waals surface area contributed by atoms with E-state index in [2.05, 4.69) is 11.4 Å². The van der Waals surface area contributed by atoms with Gasteiger partial charge in [0.25, 0.3) is 0 Å². The molecule has 0 spiro atoms. The topological polar surface area (TPSA) is 76.7 Å². The van der Waals surface area contributed by atoms with Crippen LogP contribution in [0.1, 0.15) is 48.8 Å². The maximum Gasteiger partial charge on any atom is 0.133 e. The molecule has 2 aliphatic carbocycles. The molecule has 1 fully saturated rings. The zero-order valence-corrected chi connectivity index (χ0v) is 15.6. The molecule has 2 aromatic carbocycles. The standard InChI is InChI=1S/C23H22FN3O/c24-18-4-6-19(7-5-18)27-22-11-15-2-1-3-17-12-20(28)8-9-23(17,14-26)21(15)10-16(22)13-25/h4-7,10-11,13,17,25,27H,1-3,8-9,12H2/t17-,23?/m1/s1. The van der Waals surface area contributed by atoms with E-state index in [1.807, 2.05) is 12.1 Å². The monoisotopic (exact) mass is 375 g/mol. The summed E-state index contributed by atoms with van der Waals surface area (Å²) in [6.07, 6.45) is 5.41. The third-order valence-electron chi connectivity index (χ3n) is 6.20. The van der Waals surface area contributed by atoms with Crippen molar-refractivity contribution in [1.82, 2.24) is 0 Å². The fraction of sp³-hybridized carbons (Fsp3) is 0.348. The molecule has 0 aromatic heterocycles. The summed E-state index contributed by atoms with van der Waals surface area (Å²) in [7, 11) is 0. The number of nitrogens with one attached hydrogen (secondary N) is 2. The highest BCUT2D eigenvalue weighted by atomic mass is 19.1. The second-order valence-corrected chi connectivity index (χ2v) is 7.79. The zero-order chi connectivity index (χ0) is 19.7. The van der Waals surface area contributed by atoms with Crippen molar-refractivity contribution in [3.05, 3.63) is 58.9 Å². The van der Waals surface area contributed by atoms with Gasteiger partial charge in [-0.3, -0.25) is 4.79 Å². The molecule has 2 N–H and O–H groups in total. The lowest BCUT2D eigenvalue weighted by molar-refractivity contribution is -0.122. The normalized spacial score (nSPS) is 23.7. The first-order chi connectivity index (χ1) is 13.6. The molecule has 0 heterocycles. The number of hydrogen-bond acceptors (Lipinski definition) is 4. The fourth-order valence-electron chi connectivity index (χ4n) is 4.74. The van der Waals surface area contributed by atoms with Crippen LogP contribution in [0.2, 0.25) is 0 Å². The molecule has 28 heavy (non-hydrogen) atoms. The van der Waals surface area contributed by atoms with Crippen LogP contribution in [0.5, 0.6) is 0 Å². The summed E-state index contributed by atoms with van der Waals surface area (Å²) in [5, 5.41) is 21.3. The molecule has 0 bridgehead atoms. The average Bonchev–Trinajstić information content (AvgIpc) is 2.85. The third kappa shape index (κ3) is 3.09. The number of aryl methyl sites for hydroxylation is 1. The van der Waals surface area contributed by atoms with E-state index in [0.717, 1.165) is 41.8 Å². The summed E-state index contributed by atoms with van der Waals surface area (Å²) in [6, 6.07) is 12.7. The van der Waals surface area contributed by atoms with Crippen LogP contribution in [-0.2, 0) is 16.6 Å². The highest BCUT2D eigenvalue weighted by Crippen LogP contribution is 2.49. The molecule has 142 valence electrons. The highest BCUT2D eigenvalue weighted by Gasteiger charge is 2.47. The van der Waals surface area contributed by atoms with Gasteiger partial charge < -0.3 is 10.7 Å². The van der Waals surface area contributed by atoms with Gasteiger partial charge in [0.15, 0.2) is 0 Å². The maximum atomic E-state index is 13.2. The van der Waals surface area contributed by atoms with Gasteiger partial charge in [-0.2, -0.15) is 5.26 Å². The molecular formula is C23H22FN3O. The number of fused-ring (bicyclic) bond motifs is 3. The van der Waals surface area contributed by atoms with E-state index in [4.69, 9.17) is 5.41 Å². The number of carbonyl (C=O) groups is 1. The Morgan fingerprint density at radius 1 is 1.25 bits per heavy atom. The van der Waals surface area contributed by atoms with E-state index in [-0.39, 0.29) is 17.5 Å². The van der Waals surface area contributed by atoms with Crippen LogP contribution < -0.4 is 5.32 Å². The van der Waals surface area contributed by atoms with Crippen LogP contribution in [0, 0.1) is 28.5 Å². The summed E-state index contributed by atoms with van der Waals surface area (Å²) >= 11 is 0. The number of halogens is 1. The number of benzene rings is 2. The van der Waals surface area contributed by atoms with Crippen LogP contribution in [0.25, 0.3) is 0 Å². The Morgan fingerprint density at radius 3 is 2.75 bits per heavy atom. The highest BCUT2D eigenvalue weighted by molar-refractivity contribution is 5.89. The first-order valence-electron chi connectivity index (χ1n) is 9.69. The van der Waals surface area contributed by atoms with Gasteiger partial charge in [0.1, 0.15) is 11.6 Å². The lowest BCUT2D eigenvalue weighted by atomic mass is 9.62. The van der Waals surface area contributed by atoms with Crippen molar-refractivity contribution in [3.63, 3.8) is 0 Å². The van der Waals surface area contributed by atoms with Crippen molar-refractivity contribution in [2.45, 2.75) is 43.9 Å². The smallest absolute Gasteiger partial charge is 0.133 e. The molecular weight excluding hydrogens is 353 g/mol. The van der Waals surface area contributed by atoms with Crippen molar-refractivity contribution in [3.8, 4) is 6.07 Å². The van der Waals surface area contributed by atoms with Gasteiger partial charge in [-0.25, -0.2) is 4.39 Å². The molecule has 4 rings (SSSR count). The molecule has 0 amide bonds. The van der Waals surface area contributed by atoms with E-state index in [0.29, 0.717) is 24.8 Å². The zero-order valence-electron chi connectivity index (χ0n) is 15.6. The number of nitrogens with zero attached hydrogens (tertiary/aromatic N) is 1. The molecule has 2 atom stereocenters. The van der Waals surface area contributed by atoms with Crippen LogP contribution in [-0.4, -0.2) is 12.0 Å². The van der Waals surface area contributed by atoms with Crippen LogP contribution in [0.4, 0.5) is 15.8 Å². The van der Waals surface area contributed by atoms with Gasteiger partial charge in [0, 0.05) is 36.0 Å². The Labute approximate surface area is 163 Å². The van der Waals surface area contributed by atoms with Gasteiger partial charge >= 0.3 is 0 Å². The molecule has 1 unspecified atom stereocenters. The second kappa shape index (κ2) is 7.20. The van der Waals surface area contributed by atoms with Crippen molar-refractivity contribution in [2.24, 2.45) is 5.92 Å². The Hall–Kier alpha value is -3.00. The Morgan fingerprint density at radius 2 is 2.04 bits per heavy atom. The van der Waals surface area contributed by atoms with Crippen LogP contribution in [0.15, 0.2) is 36.4 Å². The first-order valence-corrected chi connectivity index (χ1v) is 9.69. The SMILES string of the molecule is N#CC12CCC(=O)C[C@H]1CCCc1cc(Nc3ccc(F)cc3)c(C=N)cc12. The van der Waals surface area contributed by atoms with Crippen molar-refractivity contribution in [1.29, 1.82) is 10.7 Å². The van der Waals surface area contributed by atoms with E-state index < -0.39 is 5.41 Å². The minimum absolute atomic E-state index is 0.0505. The van der Waals surface area contributed by atoms with Gasteiger partial charge in [-0.15, -0.1) is 0 Å². The summed E-state index contributed by atoms with van der Waals surface area (Å²) in [4.78, 5) is 12.0. The summed E-state index contributed by atoms with van der Waals surface area (Å²) in [5.74, 6) is 0.00398. The lowest BCUT2D eigenvalue weighted by Crippen LogP contribution is -2.39. The molecule has 0 aliphatic heterocycles. The van der Waals surface area contributed by atoms with E-state index in [1.165, 1.54) is 18.3 Å².